The molecule has 2 N–H and O–H groups in total. The zero-order chi connectivity index (χ0) is 13.5. The summed E-state index contributed by atoms with van der Waals surface area (Å²) in [6.07, 6.45) is 3.84. The molecule has 1 aromatic rings. The average molecular weight is 268 g/mol. The van der Waals surface area contributed by atoms with Gasteiger partial charge in [-0.25, -0.2) is 0 Å². The molecule has 0 aliphatic carbocycles. The molecule has 0 spiro atoms. The molecule has 4 heteroatoms. The van der Waals surface area contributed by atoms with E-state index >= 15 is 0 Å². The Balaban J connectivity index is 2.45. The highest BCUT2D eigenvalue weighted by Crippen LogP contribution is 2.10. The number of rotatable bonds is 6. The van der Waals surface area contributed by atoms with Crippen LogP contribution < -0.4 is 5.32 Å². The van der Waals surface area contributed by atoms with E-state index in [4.69, 9.17) is 16.7 Å². The van der Waals surface area contributed by atoms with E-state index < -0.39 is 12.0 Å². The van der Waals surface area contributed by atoms with Crippen LogP contribution in [-0.2, 0) is 4.79 Å². The molecule has 0 saturated heterocycles. The highest BCUT2D eigenvalue weighted by molar-refractivity contribution is 6.30. The minimum absolute atomic E-state index is 0.0615. The van der Waals surface area contributed by atoms with Gasteiger partial charge in [0.2, 0.25) is 0 Å². The van der Waals surface area contributed by atoms with Crippen molar-refractivity contribution in [3.63, 3.8) is 0 Å². The van der Waals surface area contributed by atoms with E-state index in [0.29, 0.717) is 11.6 Å². The van der Waals surface area contributed by atoms with Gasteiger partial charge in [-0.1, -0.05) is 49.7 Å². The third-order valence-electron chi connectivity index (χ3n) is 2.57. The van der Waals surface area contributed by atoms with Gasteiger partial charge in [0.05, 0.1) is 0 Å². The predicted octanol–water partition coefficient (Wildman–Crippen LogP) is 3.05. The summed E-state index contributed by atoms with van der Waals surface area (Å²) in [5.41, 5.74) is 1.04. The highest BCUT2D eigenvalue weighted by Gasteiger charge is 2.19. The fourth-order valence-corrected chi connectivity index (χ4v) is 1.70. The molecule has 0 aliphatic heterocycles. The average Bonchev–Trinajstić information content (AvgIpc) is 2.30. The highest BCUT2D eigenvalue weighted by atomic mass is 35.5. The second-order valence-corrected chi connectivity index (χ2v) is 4.86. The van der Waals surface area contributed by atoms with Gasteiger partial charge in [-0.3, -0.25) is 4.79 Å². The summed E-state index contributed by atoms with van der Waals surface area (Å²) in [5.74, 6) is -0.753. The summed E-state index contributed by atoms with van der Waals surface area (Å²) in [6.45, 7) is 4.29. The summed E-state index contributed by atoms with van der Waals surface area (Å²) in [6, 6.07) is 6.96. The molecule has 1 unspecified atom stereocenters. The van der Waals surface area contributed by atoms with Crippen LogP contribution in [0.1, 0.15) is 19.4 Å². The van der Waals surface area contributed by atoms with Crippen LogP contribution in [0.2, 0.25) is 5.02 Å². The Labute approximate surface area is 112 Å². The van der Waals surface area contributed by atoms with Crippen LogP contribution in [0, 0.1) is 5.92 Å². The summed E-state index contributed by atoms with van der Waals surface area (Å²) in [4.78, 5) is 10.9. The fourth-order valence-electron chi connectivity index (χ4n) is 1.57. The predicted molar refractivity (Wildman–Crippen MR) is 74.8 cm³/mol. The van der Waals surface area contributed by atoms with Crippen LogP contribution in [0.15, 0.2) is 30.3 Å². The number of halogens is 1. The maximum atomic E-state index is 10.9. The van der Waals surface area contributed by atoms with Gasteiger partial charge in [-0.05, 0) is 23.6 Å². The first-order valence-corrected chi connectivity index (χ1v) is 6.27. The SMILES string of the molecule is CC(C)C(NCC=Cc1ccc(Cl)cc1)C(=O)O. The van der Waals surface area contributed by atoms with Crippen molar-refractivity contribution in [3.05, 3.63) is 40.9 Å². The summed E-state index contributed by atoms with van der Waals surface area (Å²) in [5, 5.41) is 12.7. The summed E-state index contributed by atoms with van der Waals surface area (Å²) >= 11 is 5.78. The Morgan fingerprint density at radius 2 is 2.00 bits per heavy atom. The minimum Gasteiger partial charge on any atom is -0.480 e. The number of hydrogen-bond donors (Lipinski definition) is 2. The van der Waals surface area contributed by atoms with E-state index in [1.165, 1.54) is 0 Å². The molecule has 1 rings (SSSR count). The van der Waals surface area contributed by atoms with E-state index in [1.54, 1.807) is 0 Å². The van der Waals surface area contributed by atoms with E-state index in [-0.39, 0.29) is 5.92 Å². The van der Waals surface area contributed by atoms with Crippen LogP contribution >= 0.6 is 11.6 Å². The van der Waals surface area contributed by atoms with Crippen LogP contribution in [0.25, 0.3) is 6.08 Å². The van der Waals surface area contributed by atoms with Crippen molar-refractivity contribution in [3.8, 4) is 0 Å². The quantitative estimate of drug-likeness (QED) is 0.833. The molecule has 0 heterocycles. The van der Waals surface area contributed by atoms with Gasteiger partial charge in [0.15, 0.2) is 0 Å². The molecule has 0 bridgehead atoms. The molecule has 1 aromatic carbocycles. The van der Waals surface area contributed by atoms with Gasteiger partial charge in [-0.15, -0.1) is 0 Å². The van der Waals surface area contributed by atoms with Gasteiger partial charge in [0.25, 0.3) is 0 Å². The molecular weight excluding hydrogens is 250 g/mol. The van der Waals surface area contributed by atoms with Crippen molar-refractivity contribution in [1.82, 2.24) is 5.32 Å². The molecule has 0 radical (unpaired) electrons. The Kier molecular flexibility index (Phi) is 5.89. The lowest BCUT2D eigenvalue weighted by Gasteiger charge is -2.16. The van der Waals surface area contributed by atoms with Gasteiger partial charge >= 0.3 is 5.97 Å². The Hall–Kier alpha value is -1.32. The number of hydrogen-bond acceptors (Lipinski definition) is 2. The summed E-state index contributed by atoms with van der Waals surface area (Å²) in [7, 11) is 0. The lowest BCUT2D eigenvalue weighted by Crippen LogP contribution is -2.40. The lowest BCUT2D eigenvalue weighted by molar-refractivity contribution is -0.140. The minimum atomic E-state index is -0.815. The molecule has 3 nitrogen and oxygen atoms in total. The van der Waals surface area contributed by atoms with Crippen molar-refractivity contribution >= 4 is 23.6 Å². The molecular formula is C14H18ClNO2. The van der Waals surface area contributed by atoms with Crippen LogP contribution in [-0.4, -0.2) is 23.7 Å². The van der Waals surface area contributed by atoms with E-state index in [1.807, 2.05) is 50.3 Å². The van der Waals surface area contributed by atoms with Crippen molar-refractivity contribution in [2.45, 2.75) is 19.9 Å². The number of aliphatic carboxylic acids is 1. The molecule has 1 atom stereocenters. The Bertz CT molecular complexity index is 412. The zero-order valence-electron chi connectivity index (χ0n) is 10.6. The van der Waals surface area contributed by atoms with Crippen molar-refractivity contribution in [2.75, 3.05) is 6.54 Å². The largest absolute Gasteiger partial charge is 0.480 e. The number of carbonyl (C=O) groups is 1. The Morgan fingerprint density at radius 3 is 2.50 bits per heavy atom. The lowest BCUT2D eigenvalue weighted by atomic mass is 10.1. The number of carboxylic acid groups (broad SMARTS) is 1. The van der Waals surface area contributed by atoms with Crippen molar-refractivity contribution < 1.29 is 9.90 Å². The first kappa shape index (κ1) is 14.7. The molecule has 0 amide bonds. The first-order valence-electron chi connectivity index (χ1n) is 5.89. The maximum Gasteiger partial charge on any atom is 0.320 e. The van der Waals surface area contributed by atoms with Crippen molar-refractivity contribution in [2.24, 2.45) is 5.92 Å². The normalized spacial score (nSPS) is 13.1. The van der Waals surface area contributed by atoms with Crippen molar-refractivity contribution in [1.29, 1.82) is 0 Å². The first-order chi connectivity index (χ1) is 8.50. The molecule has 0 saturated carbocycles. The number of carboxylic acids is 1. The monoisotopic (exact) mass is 267 g/mol. The standard InChI is InChI=1S/C14H18ClNO2/c1-10(2)13(14(17)18)16-9-3-4-11-5-7-12(15)8-6-11/h3-8,10,13,16H,9H2,1-2H3,(H,17,18). The van der Waals surface area contributed by atoms with E-state index in [2.05, 4.69) is 5.32 Å². The number of benzene rings is 1. The molecule has 98 valence electrons. The van der Waals surface area contributed by atoms with Gasteiger partial charge in [0.1, 0.15) is 6.04 Å². The molecule has 18 heavy (non-hydrogen) atoms. The fraction of sp³-hybridized carbons (Fsp3) is 0.357. The van der Waals surface area contributed by atoms with Crippen LogP contribution in [0.3, 0.4) is 0 Å². The zero-order valence-corrected chi connectivity index (χ0v) is 11.3. The Morgan fingerprint density at radius 1 is 1.39 bits per heavy atom. The molecule has 0 fully saturated rings. The third kappa shape index (κ3) is 4.90. The van der Waals surface area contributed by atoms with Gasteiger partial charge in [-0.2, -0.15) is 0 Å². The second kappa shape index (κ2) is 7.19. The third-order valence-corrected chi connectivity index (χ3v) is 2.82. The maximum absolute atomic E-state index is 10.9. The van der Waals surface area contributed by atoms with Crippen LogP contribution in [0.4, 0.5) is 0 Å². The summed E-state index contributed by atoms with van der Waals surface area (Å²) < 4.78 is 0. The van der Waals surface area contributed by atoms with Gasteiger partial charge < -0.3 is 10.4 Å². The van der Waals surface area contributed by atoms with E-state index in [9.17, 15) is 4.79 Å². The smallest absolute Gasteiger partial charge is 0.320 e. The van der Waals surface area contributed by atoms with E-state index in [0.717, 1.165) is 5.56 Å². The number of nitrogens with one attached hydrogen (secondary N) is 1. The molecule has 0 aromatic heterocycles. The van der Waals surface area contributed by atoms with Gasteiger partial charge in [0, 0.05) is 11.6 Å². The van der Waals surface area contributed by atoms with Crippen LogP contribution in [0.5, 0.6) is 0 Å². The second-order valence-electron chi connectivity index (χ2n) is 4.42. The topological polar surface area (TPSA) is 49.3 Å². The molecule has 0 aliphatic rings.